The lowest BCUT2D eigenvalue weighted by molar-refractivity contribution is 0.357. The van der Waals surface area contributed by atoms with Crippen LogP contribution in [0.1, 0.15) is 11.3 Å². The van der Waals surface area contributed by atoms with Crippen LogP contribution in [0, 0.1) is 23.5 Å². The quantitative estimate of drug-likeness (QED) is 0.678. The third-order valence-corrected chi connectivity index (χ3v) is 3.46. The largest absolute Gasteiger partial charge is 0.493 e. The number of methoxy groups -OCH3 is 2. The zero-order valence-electron chi connectivity index (χ0n) is 13.2. The summed E-state index contributed by atoms with van der Waals surface area (Å²) in [4.78, 5) is 8.52. The number of nitrogens with zero attached hydrogens (tertiary/aromatic N) is 3. The maximum absolute atomic E-state index is 14.2. The molecule has 0 amide bonds. The molecule has 5 nitrogen and oxygen atoms in total. The molecule has 24 heavy (non-hydrogen) atoms. The molecule has 0 aliphatic rings. The Morgan fingerprint density at radius 3 is 2.38 bits per heavy atom. The number of rotatable bonds is 2. The van der Waals surface area contributed by atoms with Gasteiger partial charge < -0.3 is 14.0 Å². The molecule has 0 aliphatic heterocycles. The minimum Gasteiger partial charge on any atom is -0.493 e. The van der Waals surface area contributed by atoms with Gasteiger partial charge in [0.1, 0.15) is 16.8 Å². The van der Waals surface area contributed by atoms with Crippen molar-refractivity contribution in [2.75, 3.05) is 14.2 Å². The van der Waals surface area contributed by atoms with E-state index in [2.05, 4.69) is 21.8 Å². The van der Waals surface area contributed by atoms with E-state index in [1.54, 1.807) is 6.07 Å². The summed E-state index contributed by atoms with van der Waals surface area (Å²) in [6.07, 6.45) is 3.26. The molecule has 3 rings (SSSR count). The highest BCUT2D eigenvalue weighted by atomic mass is 19.1. The average molecular weight is 329 g/mol. The number of aryl methyl sites for hydroxylation is 1. The molecule has 122 valence electrons. The predicted molar refractivity (Wildman–Crippen MR) is 84.0 cm³/mol. The Morgan fingerprint density at radius 1 is 1.08 bits per heavy atom. The van der Waals surface area contributed by atoms with E-state index >= 15 is 0 Å². The second-order valence-corrected chi connectivity index (χ2v) is 4.92. The molecule has 0 fully saturated rings. The fraction of sp³-hybridized carbons (Fsp3) is 0.176. The van der Waals surface area contributed by atoms with Gasteiger partial charge in [-0.1, -0.05) is 5.92 Å². The minimum absolute atomic E-state index is 0.151. The van der Waals surface area contributed by atoms with Gasteiger partial charge in [-0.15, -0.1) is 0 Å². The normalized spacial score (nSPS) is 10.4. The summed E-state index contributed by atoms with van der Waals surface area (Å²) in [6.45, 7) is 0. The predicted octanol–water partition coefficient (Wildman–Crippen LogP) is 2.66. The van der Waals surface area contributed by atoms with E-state index in [0.717, 1.165) is 6.07 Å². The molecule has 0 spiro atoms. The first-order valence-electron chi connectivity index (χ1n) is 6.95. The lowest BCUT2D eigenvalue weighted by Crippen LogP contribution is -1.99. The summed E-state index contributed by atoms with van der Waals surface area (Å²) in [6, 6.07) is 2.91. The van der Waals surface area contributed by atoms with Crippen molar-refractivity contribution in [3.8, 4) is 23.3 Å². The van der Waals surface area contributed by atoms with Crippen LogP contribution in [0.25, 0.3) is 11.2 Å². The topological polar surface area (TPSA) is 49.2 Å². The zero-order chi connectivity index (χ0) is 17.3. The number of aromatic nitrogens is 3. The summed E-state index contributed by atoms with van der Waals surface area (Å²) in [5, 5.41) is 0. The van der Waals surface area contributed by atoms with Crippen LogP contribution in [0.4, 0.5) is 8.78 Å². The van der Waals surface area contributed by atoms with Crippen molar-refractivity contribution in [2.24, 2.45) is 7.05 Å². The number of halogens is 2. The summed E-state index contributed by atoms with van der Waals surface area (Å²) < 4.78 is 40.1. The van der Waals surface area contributed by atoms with Gasteiger partial charge in [-0.3, -0.25) is 0 Å². The van der Waals surface area contributed by atoms with Gasteiger partial charge >= 0.3 is 0 Å². The number of hydrogen-bond donors (Lipinski definition) is 0. The molecule has 0 saturated carbocycles. The molecule has 0 atom stereocenters. The Labute approximate surface area is 136 Å². The third-order valence-electron chi connectivity index (χ3n) is 3.46. The average Bonchev–Trinajstić information content (AvgIpc) is 2.96. The molecule has 2 heterocycles. The fourth-order valence-electron chi connectivity index (χ4n) is 2.22. The van der Waals surface area contributed by atoms with Crippen molar-refractivity contribution in [3.63, 3.8) is 0 Å². The summed E-state index contributed by atoms with van der Waals surface area (Å²) in [7, 11) is 4.40. The van der Waals surface area contributed by atoms with Crippen LogP contribution in [0.3, 0.4) is 0 Å². The molecule has 0 radical (unpaired) electrons. The van der Waals surface area contributed by atoms with Gasteiger partial charge in [0.25, 0.3) is 0 Å². The molecular weight excluding hydrogens is 316 g/mol. The second kappa shape index (κ2) is 6.16. The minimum atomic E-state index is -0.892. The van der Waals surface area contributed by atoms with E-state index < -0.39 is 17.2 Å². The maximum atomic E-state index is 14.2. The molecular formula is C17H13F2N3O2. The van der Waals surface area contributed by atoms with Gasteiger partial charge in [0, 0.05) is 19.3 Å². The molecule has 0 aliphatic carbocycles. The molecule has 0 N–H and O–H groups in total. The first kappa shape index (κ1) is 15.7. The first-order valence-corrected chi connectivity index (χ1v) is 6.95. The highest BCUT2D eigenvalue weighted by Crippen LogP contribution is 2.30. The summed E-state index contributed by atoms with van der Waals surface area (Å²) in [5.41, 5.74) is 1.20. The van der Waals surface area contributed by atoms with Crippen molar-refractivity contribution >= 4 is 11.2 Å². The second-order valence-electron chi connectivity index (χ2n) is 4.92. The van der Waals surface area contributed by atoms with Crippen LogP contribution >= 0.6 is 0 Å². The monoisotopic (exact) mass is 329 g/mol. The van der Waals surface area contributed by atoms with Gasteiger partial charge in [0.2, 0.25) is 0 Å². The van der Waals surface area contributed by atoms with E-state index in [-0.39, 0.29) is 11.5 Å². The van der Waals surface area contributed by atoms with E-state index in [1.807, 2.05) is 17.8 Å². The maximum Gasteiger partial charge on any atom is 0.183 e. The smallest absolute Gasteiger partial charge is 0.183 e. The molecule has 3 aromatic rings. The Bertz CT molecular complexity index is 959. The Kier molecular flexibility index (Phi) is 4.04. The molecule has 1 aromatic carbocycles. The van der Waals surface area contributed by atoms with Crippen molar-refractivity contribution in [3.05, 3.63) is 47.4 Å². The first-order chi connectivity index (χ1) is 11.5. The Morgan fingerprint density at radius 2 is 1.75 bits per heavy atom. The lowest BCUT2D eigenvalue weighted by Gasteiger charge is -2.08. The van der Waals surface area contributed by atoms with Crippen LogP contribution < -0.4 is 9.47 Å². The van der Waals surface area contributed by atoms with Gasteiger partial charge in [0.05, 0.1) is 20.4 Å². The zero-order valence-corrected chi connectivity index (χ0v) is 13.2. The molecule has 0 saturated heterocycles. The van der Waals surface area contributed by atoms with E-state index in [9.17, 15) is 8.78 Å². The number of ether oxygens (including phenoxy) is 2. The molecule has 7 heteroatoms. The third kappa shape index (κ3) is 2.63. The van der Waals surface area contributed by atoms with Crippen molar-refractivity contribution in [2.45, 2.75) is 0 Å². The van der Waals surface area contributed by atoms with Gasteiger partial charge in [-0.25, -0.2) is 18.7 Å². The molecule has 0 unspecified atom stereocenters. The Balaban J connectivity index is 2.09. The highest BCUT2D eigenvalue weighted by molar-refractivity contribution is 5.71. The summed E-state index contributed by atoms with van der Waals surface area (Å²) >= 11 is 0. The van der Waals surface area contributed by atoms with Crippen molar-refractivity contribution < 1.29 is 18.3 Å². The molecule has 2 aromatic heterocycles. The number of hydrogen-bond acceptors (Lipinski definition) is 4. The number of benzene rings is 1. The lowest BCUT2D eigenvalue weighted by atomic mass is 10.1. The standard InChI is InChI=1S/C17H13F2N3O2/c1-22-7-6-12-17(22)20-9-10(21-12)4-5-11-15(18)13(23-2)8-14(24-3)16(11)19/h6-9H,1-3H3. The number of fused-ring (bicyclic) bond motifs is 1. The van der Waals surface area contributed by atoms with E-state index in [0.29, 0.717) is 16.9 Å². The van der Waals surface area contributed by atoms with Crippen molar-refractivity contribution in [1.29, 1.82) is 0 Å². The van der Waals surface area contributed by atoms with E-state index in [4.69, 9.17) is 9.47 Å². The van der Waals surface area contributed by atoms with Gasteiger partial charge in [-0.05, 0) is 12.0 Å². The van der Waals surface area contributed by atoms with E-state index in [1.165, 1.54) is 20.4 Å². The van der Waals surface area contributed by atoms with Gasteiger partial charge in [-0.2, -0.15) is 0 Å². The van der Waals surface area contributed by atoms with Crippen LogP contribution in [-0.4, -0.2) is 28.8 Å². The van der Waals surface area contributed by atoms with Crippen LogP contribution in [0.5, 0.6) is 11.5 Å². The molecule has 0 bridgehead atoms. The highest BCUT2D eigenvalue weighted by Gasteiger charge is 2.18. The SMILES string of the molecule is COc1cc(OC)c(F)c(C#Cc2cnc3c(ccn3C)n2)c1F. The van der Waals surface area contributed by atoms with Gasteiger partial charge in [0.15, 0.2) is 28.8 Å². The fourth-order valence-corrected chi connectivity index (χ4v) is 2.22. The van der Waals surface area contributed by atoms with Crippen LogP contribution in [-0.2, 0) is 7.05 Å². The summed E-state index contributed by atoms with van der Waals surface area (Å²) in [5.74, 6) is 2.99. The van der Waals surface area contributed by atoms with Crippen LogP contribution in [0.15, 0.2) is 24.5 Å². The van der Waals surface area contributed by atoms with Crippen LogP contribution in [0.2, 0.25) is 0 Å². The van der Waals surface area contributed by atoms with Crippen molar-refractivity contribution in [1.82, 2.24) is 14.5 Å². The Hall–Kier alpha value is -3.14.